The Morgan fingerprint density at radius 3 is 2.19 bits per heavy atom. The first-order valence-electron chi connectivity index (χ1n) is 9.02. The molecule has 0 radical (unpaired) electrons. The van der Waals surface area contributed by atoms with Crippen LogP contribution in [0.3, 0.4) is 0 Å². The Hall–Kier alpha value is -3.06. The highest BCUT2D eigenvalue weighted by molar-refractivity contribution is 5.93. The Kier molecular flexibility index (Phi) is 6.27. The molecule has 1 unspecified atom stereocenters. The summed E-state index contributed by atoms with van der Waals surface area (Å²) in [6, 6.07) is 14.6. The smallest absolute Gasteiger partial charge is 0.279 e. The molecule has 3 N–H and O–H groups in total. The molecule has 1 aliphatic heterocycles. The standard InChI is InChI=1S/C20H23N3O4/c1-2-23(13-19(24)21-15-6-4-3-5-7-15)14-20(25)22-16-8-9-17-18(12-16)27-11-10-26-17/h3-9,12H,2,10-11,13-14H2,1H3,(H,21,24)(H,22,25)/p+1. The lowest BCUT2D eigenvalue weighted by molar-refractivity contribution is -0.881. The highest BCUT2D eigenvalue weighted by Gasteiger charge is 2.18. The Morgan fingerprint density at radius 1 is 0.889 bits per heavy atom. The first-order valence-corrected chi connectivity index (χ1v) is 9.02. The van der Waals surface area contributed by atoms with Crippen LogP contribution in [0.2, 0.25) is 0 Å². The molecule has 0 aliphatic carbocycles. The van der Waals surface area contributed by atoms with E-state index in [2.05, 4.69) is 10.6 Å². The van der Waals surface area contributed by atoms with Gasteiger partial charge < -0.3 is 25.0 Å². The lowest BCUT2D eigenvalue weighted by Gasteiger charge is -2.19. The van der Waals surface area contributed by atoms with Crippen molar-refractivity contribution in [1.29, 1.82) is 0 Å². The third kappa shape index (κ3) is 5.46. The number of anilines is 2. The molecule has 0 saturated carbocycles. The number of carbonyl (C=O) groups is 2. The van der Waals surface area contributed by atoms with Crippen molar-refractivity contribution < 1.29 is 24.0 Å². The van der Waals surface area contributed by atoms with Crippen molar-refractivity contribution in [2.75, 3.05) is 43.5 Å². The van der Waals surface area contributed by atoms with Gasteiger partial charge in [0.2, 0.25) is 0 Å². The van der Waals surface area contributed by atoms with Crippen molar-refractivity contribution in [3.05, 3.63) is 48.5 Å². The van der Waals surface area contributed by atoms with E-state index in [0.29, 0.717) is 36.9 Å². The van der Waals surface area contributed by atoms with Crippen LogP contribution >= 0.6 is 0 Å². The summed E-state index contributed by atoms with van der Waals surface area (Å²) in [7, 11) is 0. The zero-order valence-electron chi connectivity index (χ0n) is 15.3. The molecule has 142 valence electrons. The van der Waals surface area contributed by atoms with Crippen molar-refractivity contribution in [2.45, 2.75) is 6.92 Å². The number of ether oxygens (including phenoxy) is 2. The van der Waals surface area contributed by atoms with E-state index >= 15 is 0 Å². The minimum absolute atomic E-state index is 0.120. The molecule has 3 rings (SSSR count). The summed E-state index contributed by atoms with van der Waals surface area (Å²) in [5.41, 5.74) is 1.40. The highest BCUT2D eigenvalue weighted by Crippen LogP contribution is 2.32. The van der Waals surface area contributed by atoms with E-state index in [1.54, 1.807) is 18.2 Å². The summed E-state index contributed by atoms with van der Waals surface area (Å²) in [4.78, 5) is 25.4. The summed E-state index contributed by atoms with van der Waals surface area (Å²) in [6.07, 6.45) is 0. The van der Waals surface area contributed by atoms with Crippen LogP contribution in [0.4, 0.5) is 11.4 Å². The molecule has 2 aromatic carbocycles. The van der Waals surface area contributed by atoms with Crippen LogP contribution in [0.1, 0.15) is 6.92 Å². The molecule has 1 atom stereocenters. The Bertz CT molecular complexity index is 795. The van der Waals surface area contributed by atoms with E-state index in [-0.39, 0.29) is 24.9 Å². The predicted octanol–water partition coefficient (Wildman–Crippen LogP) is 0.940. The molecule has 0 aromatic heterocycles. The molecule has 27 heavy (non-hydrogen) atoms. The number of hydrogen-bond donors (Lipinski definition) is 3. The van der Waals surface area contributed by atoms with Crippen molar-refractivity contribution in [3.8, 4) is 11.5 Å². The van der Waals surface area contributed by atoms with Crippen LogP contribution in [0, 0.1) is 0 Å². The van der Waals surface area contributed by atoms with Gasteiger partial charge in [0.25, 0.3) is 11.8 Å². The Morgan fingerprint density at radius 2 is 1.52 bits per heavy atom. The number of nitrogens with one attached hydrogen (secondary N) is 3. The number of carbonyl (C=O) groups excluding carboxylic acids is 2. The van der Waals surface area contributed by atoms with Gasteiger partial charge in [-0.1, -0.05) is 18.2 Å². The number of para-hydroxylation sites is 1. The van der Waals surface area contributed by atoms with Gasteiger partial charge in [0, 0.05) is 17.4 Å². The average Bonchev–Trinajstić information content (AvgIpc) is 2.68. The molecule has 1 heterocycles. The van der Waals surface area contributed by atoms with Gasteiger partial charge in [-0.2, -0.15) is 0 Å². The maximum atomic E-state index is 12.4. The van der Waals surface area contributed by atoms with Crippen LogP contribution in [-0.2, 0) is 9.59 Å². The second-order valence-corrected chi connectivity index (χ2v) is 6.28. The highest BCUT2D eigenvalue weighted by atomic mass is 16.6. The molecule has 0 fully saturated rings. The number of amides is 2. The molecule has 7 heteroatoms. The van der Waals surface area contributed by atoms with Crippen LogP contribution in [0.25, 0.3) is 0 Å². The van der Waals surface area contributed by atoms with E-state index in [1.165, 1.54) is 0 Å². The number of likely N-dealkylation sites (N-methyl/N-ethyl adjacent to an activating group) is 1. The lowest BCUT2D eigenvalue weighted by Crippen LogP contribution is -3.13. The molecular formula is C20H24N3O4+. The molecule has 0 bridgehead atoms. The van der Waals surface area contributed by atoms with Crippen LogP contribution < -0.4 is 25.0 Å². The summed E-state index contributed by atoms with van der Waals surface area (Å²) < 4.78 is 11.0. The monoisotopic (exact) mass is 370 g/mol. The van der Waals surface area contributed by atoms with E-state index in [0.717, 1.165) is 10.6 Å². The number of benzene rings is 2. The topological polar surface area (TPSA) is 81.1 Å². The number of fused-ring (bicyclic) bond motifs is 1. The molecule has 7 nitrogen and oxygen atoms in total. The molecular weight excluding hydrogens is 346 g/mol. The lowest BCUT2D eigenvalue weighted by atomic mass is 10.2. The third-order valence-electron chi connectivity index (χ3n) is 4.20. The second kappa shape index (κ2) is 9.05. The minimum atomic E-state index is -0.156. The van der Waals surface area contributed by atoms with E-state index in [9.17, 15) is 9.59 Å². The van der Waals surface area contributed by atoms with Crippen LogP contribution in [-0.4, -0.2) is 44.7 Å². The third-order valence-corrected chi connectivity index (χ3v) is 4.20. The van der Waals surface area contributed by atoms with Gasteiger partial charge in [0.1, 0.15) is 13.2 Å². The molecule has 0 saturated heterocycles. The normalized spacial score (nSPS) is 13.5. The fourth-order valence-electron chi connectivity index (χ4n) is 2.82. The van der Waals surface area contributed by atoms with Gasteiger partial charge in [-0.3, -0.25) is 9.59 Å². The zero-order chi connectivity index (χ0) is 19.1. The Labute approximate surface area is 158 Å². The largest absolute Gasteiger partial charge is 0.486 e. The van der Waals surface area contributed by atoms with Gasteiger partial charge in [-0.25, -0.2) is 0 Å². The van der Waals surface area contributed by atoms with Gasteiger partial charge in [0.05, 0.1) is 6.54 Å². The first-order chi connectivity index (χ1) is 13.1. The van der Waals surface area contributed by atoms with Gasteiger partial charge >= 0.3 is 0 Å². The summed E-state index contributed by atoms with van der Waals surface area (Å²) >= 11 is 0. The first kappa shape index (κ1) is 18.7. The van der Waals surface area contributed by atoms with E-state index in [4.69, 9.17) is 9.47 Å². The van der Waals surface area contributed by atoms with Crippen molar-refractivity contribution in [1.82, 2.24) is 0 Å². The molecule has 2 amide bonds. The van der Waals surface area contributed by atoms with E-state index < -0.39 is 0 Å². The second-order valence-electron chi connectivity index (χ2n) is 6.28. The van der Waals surface area contributed by atoms with Gasteiger partial charge in [-0.15, -0.1) is 0 Å². The quantitative estimate of drug-likeness (QED) is 0.678. The van der Waals surface area contributed by atoms with Crippen molar-refractivity contribution >= 4 is 23.2 Å². The fourth-order valence-corrected chi connectivity index (χ4v) is 2.82. The molecule has 1 aliphatic rings. The fraction of sp³-hybridized carbons (Fsp3) is 0.300. The summed E-state index contributed by atoms with van der Waals surface area (Å²) in [5, 5.41) is 5.69. The van der Waals surface area contributed by atoms with Crippen LogP contribution in [0.5, 0.6) is 11.5 Å². The summed E-state index contributed by atoms with van der Waals surface area (Å²) in [6.45, 7) is 4.06. The van der Waals surface area contributed by atoms with Crippen molar-refractivity contribution in [2.24, 2.45) is 0 Å². The van der Waals surface area contributed by atoms with Crippen molar-refractivity contribution in [3.63, 3.8) is 0 Å². The predicted molar refractivity (Wildman–Crippen MR) is 102 cm³/mol. The zero-order valence-corrected chi connectivity index (χ0v) is 15.3. The molecule has 0 spiro atoms. The number of quaternary nitrogens is 1. The maximum absolute atomic E-state index is 12.4. The maximum Gasteiger partial charge on any atom is 0.279 e. The van der Waals surface area contributed by atoms with Gasteiger partial charge in [-0.05, 0) is 31.2 Å². The van der Waals surface area contributed by atoms with Gasteiger partial charge in [0.15, 0.2) is 24.6 Å². The average molecular weight is 370 g/mol. The Balaban J connectivity index is 1.51. The van der Waals surface area contributed by atoms with E-state index in [1.807, 2.05) is 37.3 Å². The number of hydrogen-bond acceptors (Lipinski definition) is 4. The van der Waals surface area contributed by atoms with Crippen LogP contribution in [0.15, 0.2) is 48.5 Å². The number of rotatable bonds is 7. The SMILES string of the molecule is CC[NH+](CC(=O)Nc1ccccc1)CC(=O)Nc1ccc2c(c1)OCCO2. The minimum Gasteiger partial charge on any atom is -0.486 e. The molecule has 2 aromatic rings. The summed E-state index contributed by atoms with van der Waals surface area (Å²) in [5.74, 6) is 1.03.